The number of amides is 3. The van der Waals surface area contributed by atoms with Gasteiger partial charge in [0.25, 0.3) is 0 Å². The van der Waals surface area contributed by atoms with Crippen LogP contribution in [0.4, 0.5) is 16.2 Å². The summed E-state index contributed by atoms with van der Waals surface area (Å²) in [4.78, 5) is 23.7. The van der Waals surface area contributed by atoms with E-state index in [0.29, 0.717) is 11.4 Å². The van der Waals surface area contributed by atoms with Gasteiger partial charge in [-0.3, -0.25) is 4.79 Å². The molecule has 0 aliphatic carbocycles. The molecule has 0 aromatic heterocycles. The molecule has 1 atom stereocenters. The van der Waals surface area contributed by atoms with E-state index in [1.54, 1.807) is 12.1 Å². The van der Waals surface area contributed by atoms with E-state index in [9.17, 15) is 9.59 Å². The molecule has 0 spiro atoms. The van der Waals surface area contributed by atoms with E-state index in [0.717, 1.165) is 11.1 Å². The molecule has 25 heavy (non-hydrogen) atoms. The van der Waals surface area contributed by atoms with E-state index in [-0.39, 0.29) is 23.9 Å². The monoisotopic (exact) mass is 339 g/mol. The molecular formula is C20H25N3O2. The molecule has 0 aliphatic heterocycles. The number of rotatable bonds is 5. The molecule has 2 rings (SSSR count). The number of aryl methyl sites for hydroxylation is 1. The van der Waals surface area contributed by atoms with Crippen molar-refractivity contribution >= 4 is 23.3 Å². The summed E-state index contributed by atoms with van der Waals surface area (Å²) >= 11 is 0. The minimum atomic E-state index is -0.273. The van der Waals surface area contributed by atoms with Gasteiger partial charge < -0.3 is 16.0 Å². The first-order valence-corrected chi connectivity index (χ1v) is 8.37. The summed E-state index contributed by atoms with van der Waals surface area (Å²) in [5.41, 5.74) is 3.30. The van der Waals surface area contributed by atoms with E-state index in [1.807, 2.05) is 43.3 Å². The molecule has 3 N–H and O–H groups in total. The highest BCUT2D eigenvalue weighted by Crippen LogP contribution is 2.23. The van der Waals surface area contributed by atoms with E-state index in [2.05, 4.69) is 29.8 Å². The lowest BCUT2D eigenvalue weighted by atomic mass is 9.96. The van der Waals surface area contributed by atoms with Gasteiger partial charge in [0, 0.05) is 18.3 Å². The van der Waals surface area contributed by atoms with Crippen molar-refractivity contribution in [2.45, 2.75) is 33.7 Å². The maximum Gasteiger partial charge on any atom is 0.319 e. The number of hydrogen-bond acceptors (Lipinski definition) is 2. The standard InChI is InChI=1S/C20H25N3O2/c1-13(2)19(16-8-6-5-7-9-16)23-20(25)22-18-12-17(21-15(4)24)11-10-14(18)3/h5-13,19H,1-4H3,(H,21,24)(H2,22,23,25). The Morgan fingerprint density at radius 1 is 0.960 bits per heavy atom. The molecule has 3 amide bonds. The zero-order chi connectivity index (χ0) is 18.4. The minimum absolute atomic E-state index is 0.0833. The summed E-state index contributed by atoms with van der Waals surface area (Å²) in [7, 11) is 0. The second kappa shape index (κ2) is 8.33. The van der Waals surface area contributed by atoms with Crippen LogP contribution in [0.15, 0.2) is 48.5 Å². The zero-order valence-corrected chi connectivity index (χ0v) is 15.1. The molecule has 5 nitrogen and oxygen atoms in total. The Balaban J connectivity index is 2.12. The van der Waals surface area contributed by atoms with Gasteiger partial charge >= 0.3 is 6.03 Å². The molecule has 2 aromatic rings. The third-order valence-electron chi connectivity index (χ3n) is 3.92. The van der Waals surface area contributed by atoms with Crippen LogP contribution in [0.5, 0.6) is 0 Å². The number of carbonyl (C=O) groups excluding carboxylic acids is 2. The van der Waals surface area contributed by atoms with Gasteiger partial charge in [0.2, 0.25) is 5.91 Å². The second-order valence-corrected chi connectivity index (χ2v) is 6.44. The Hall–Kier alpha value is -2.82. The molecule has 1 unspecified atom stereocenters. The van der Waals surface area contributed by atoms with Crippen LogP contribution in [-0.2, 0) is 4.79 Å². The number of nitrogens with one attached hydrogen (secondary N) is 3. The predicted octanol–water partition coefficient (Wildman–Crippen LogP) is 4.47. The average Bonchev–Trinajstić information content (AvgIpc) is 2.56. The van der Waals surface area contributed by atoms with Gasteiger partial charge in [-0.15, -0.1) is 0 Å². The summed E-state index contributed by atoms with van der Waals surface area (Å²) in [6, 6.07) is 15.0. The lowest BCUT2D eigenvalue weighted by Crippen LogP contribution is -2.35. The van der Waals surface area contributed by atoms with Crippen molar-refractivity contribution in [3.8, 4) is 0 Å². The van der Waals surface area contributed by atoms with E-state index in [4.69, 9.17) is 0 Å². The van der Waals surface area contributed by atoms with E-state index >= 15 is 0 Å². The quantitative estimate of drug-likeness (QED) is 0.752. The molecule has 0 heterocycles. The molecule has 0 fully saturated rings. The molecule has 2 aromatic carbocycles. The summed E-state index contributed by atoms with van der Waals surface area (Å²) in [6.45, 7) is 7.50. The van der Waals surface area contributed by atoms with Crippen molar-refractivity contribution in [2.75, 3.05) is 10.6 Å². The third-order valence-corrected chi connectivity index (χ3v) is 3.92. The Bertz CT molecular complexity index is 742. The summed E-state index contributed by atoms with van der Waals surface area (Å²) in [6.07, 6.45) is 0. The lowest BCUT2D eigenvalue weighted by molar-refractivity contribution is -0.114. The van der Waals surface area contributed by atoms with Crippen LogP contribution >= 0.6 is 0 Å². The maximum atomic E-state index is 12.5. The number of carbonyl (C=O) groups is 2. The Labute approximate surface area is 148 Å². The first-order chi connectivity index (χ1) is 11.9. The van der Waals surface area contributed by atoms with Crippen molar-refractivity contribution < 1.29 is 9.59 Å². The maximum absolute atomic E-state index is 12.5. The Kier molecular flexibility index (Phi) is 6.17. The molecule has 0 saturated heterocycles. The average molecular weight is 339 g/mol. The molecule has 0 radical (unpaired) electrons. The minimum Gasteiger partial charge on any atom is -0.331 e. The van der Waals surface area contributed by atoms with Crippen LogP contribution in [0, 0.1) is 12.8 Å². The van der Waals surface area contributed by atoms with Gasteiger partial charge in [0.15, 0.2) is 0 Å². The van der Waals surface area contributed by atoms with Crippen molar-refractivity contribution in [1.82, 2.24) is 5.32 Å². The van der Waals surface area contributed by atoms with Crippen molar-refractivity contribution in [1.29, 1.82) is 0 Å². The van der Waals surface area contributed by atoms with E-state index in [1.165, 1.54) is 6.92 Å². The van der Waals surface area contributed by atoms with Gasteiger partial charge in [0.05, 0.1) is 6.04 Å². The van der Waals surface area contributed by atoms with Crippen LogP contribution in [0.25, 0.3) is 0 Å². The van der Waals surface area contributed by atoms with Gasteiger partial charge in [0.1, 0.15) is 0 Å². The largest absolute Gasteiger partial charge is 0.331 e. The van der Waals surface area contributed by atoms with Crippen LogP contribution in [-0.4, -0.2) is 11.9 Å². The fourth-order valence-corrected chi connectivity index (χ4v) is 2.63. The smallest absolute Gasteiger partial charge is 0.319 e. The summed E-state index contributed by atoms with van der Waals surface area (Å²) in [5.74, 6) is 0.100. The van der Waals surface area contributed by atoms with Gasteiger partial charge in [-0.2, -0.15) is 0 Å². The summed E-state index contributed by atoms with van der Waals surface area (Å²) in [5, 5.41) is 8.63. The highest BCUT2D eigenvalue weighted by atomic mass is 16.2. The highest BCUT2D eigenvalue weighted by molar-refractivity contribution is 5.93. The van der Waals surface area contributed by atoms with Crippen LogP contribution in [0.1, 0.15) is 37.9 Å². The molecule has 5 heteroatoms. The first kappa shape index (κ1) is 18.5. The topological polar surface area (TPSA) is 70.2 Å². The fraction of sp³-hybridized carbons (Fsp3) is 0.300. The van der Waals surface area contributed by atoms with Crippen LogP contribution in [0.3, 0.4) is 0 Å². The van der Waals surface area contributed by atoms with Gasteiger partial charge in [-0.1, -0.05) is 50.2 Å². The number of hydrogen-bond donors (Lipinski definition) is 3. The fourth-order valence-electron chi connectivity index (χ4n) is 2.63. The van der Waals surface area contributed by atoms with Gasteiger partial charge in [-0.25, -0.2) is 4.79 Å². The van der Waals surface area contributed by atoms with Crippen molar-refractivity contribution in [3.63, 3.8) is 0 Å². The van der Waals surface area contributed by atoms with Crippen molar-refractivity contribution in [2.24, 2.45) is 5.92 Å². The third kappa shape index (κ3) is 5.35. The van der Waals surface area contributed by atoms with Crippen LogP contribution < -0.4 is 16.0 Å². The summed E-state index contributed by atoms with van der Waals surface area (Å²) < 4.78 is 0. The second-order valence-electron chi connectivity index (χ2n) is 6.44. The zero-order valence-electron chi connectivity index (χ0n) is 15.1. The van der Waals surface area contributed by atoms with Crippen molar-refractivity contribution in [3.05, 3.63) is 59.7 Å². The SMILES string of the molecule is CC(=O)Nc1ccc(C)c(NC(=O)NC(c2ccccc2)C(C)C)c1. The van der Waals surface area contributed by atoms with E-state index < -0.39 is 0 Å². The lowest BCUT2D eigenvalue weighted by Gasteiger charge is -2.23. The molecule has 0 aliphatic rings. The Morgan fingerprint density at radius 3 is 2.24 bits per heavy atom. The Morgan fingerprint density at radius 2 is 1.64 bits per heavy atom. The molecule has 0 saturated carbocycles. The number of benzene rings is 2. The number of urea groups is 1. The number of anilines is 2. The first-order valence-electron chi connectivity index (χ1n) is 8.37. The van der Waals surface area contributed by atoms with Gasteiger partial charge in [-0.05, 0) is 36.1 Å². The predicted molar refractivity (Wildman–Crippen MR) is 102 cm³/mol. The highest BCUT2D eigenvalue weighted by Gasteiger charge is 2.18. The normalized spacial score (nSPS) is 11.7. The molecule has 0 bridgehead atoms. The molecular weight excluding hydrogens is 314 g/mol. The van der Waals surface area contributed by atoms with Crippen LogP contribution in [0.2, 0.25) is 0 Å². The molecule has 132 valence electrons.